The van der Waals surface area contributed by atoms with Gasteiger partial charge in [-0.1, -0.05) is 54.6 Å². The molecule has 0 aliphatic heterocycles. The number of hydrogen-bond donors (Lipinski definition) is 1. The van der Waals surface area contributed by atoms with Crippen LogP contribution in [-0.2, 0) is 0 Å². The van der Waals surface area contributed by atoms with E-state index in [0.717, 1.165) is 10.8 Å². The number of nitrogens with one attached hydrogen (secondary N) is 1. The van der Waals surface area contributed by atoms with Crippen LogP contribution in [0.1, 0.15) is 26.3 Å². The van der Waals surface area contributed by atoms with Gasteiger partial charge in [0, 0.05) is 11.1 Å². The SMILES string of the molecule is COc1cccc(C(=O)N/N=C/c2c(OC(=O)c3ccccc3)ccc3ccccc23)c1. The molecule has 4 rings (SSSR count). The van der Waals surface area contributed by atoms with Crippen molar-refractivity contribution in [2.45, 2.75) is 0 Å². The molecule has 0 spiro atoms. The Labute approximate surface area is 185 Å². The molecule has 0 saturated carbocycles. The number of hydrazone groups is 1. The van der Waals surface area contributed by atoms with Gasteiger partial charge in [-0.3, -0.25) is 4.79 Å². The number of esters is 1. The zero-order valence-electron chi connectivity index (χ0n) is 17.3. The maximum absolute atomic E-state index is 12.6. The number of rotatable bonds is 6. The Balaban J connectivity index is 1.62. The van der Waals surface area contributed by atoms with Gasteiger partial charge in [0.15, 0.2) is 0 Å². The van der Waals surface area contributed by atoms with Crippen LogP contribution in [0.5, 0.6) is 11.5 Å². The summed E-state index contributed by atoms with van der Waals surface area (Å²) in [5, 5.41) is 5.90. The zero-order chi connectivity index (χ0) is 22.3. The van der Waals surface area contributed by atoms with Gasteiger partial charge in [-0.25, -0.2) is 10.2 Å². The number of hydrogen-bond acceptors (Lipinski definition) is 5. The summed E-state index contributed by atoms with van der Waals surface area (Å²) in [5.74, 6) is 0.0573. The second kappa shape index (κ2) is 9.57. The van der Waals surface area contributed by atoms with E-state index in [1.165, 1.54) is 13.3 Å². The highest BCUT2D eigenvalue weighted by Crippen LogP contribution is 2.27. The molecular formula is C26H20N2O4. The summed E-state index contributed by atoms with van der Waals surface area (Å²) in [5.41, 5.74) is 3.94. The number of ether oxygens (including phenoxy) is 2. The highest BCUT2D eigenvalue weighted by atomic mass is 16.5. The average molecular weight is 424 g/mol. The maximum atomic E-state index is 12.6. The Kier molecular flexibility index (Phi) is 6.22. The van der Waals surface area contributed by atoms with Crippen LogP contribution >= 0.6 is 0 Å². The largest absolute Gasteiger partial charge is 0.497 e. The van der Waals surface area contributed by atoms with E-state index < -0.39 is 5.97 Å². The molecule has 1 amide bonds. The molecule has 158 valence electrons. The summed E-state index contributed by atoms with van der Waals surface area (Å²) in [4.78, 5) is 25.0. The number of fused-ring (bicyclic) bond motifs is 1. The number of nitrogens with zero attached hydrogens (tertiary/aromatic N) is 1. The molecule has 0 aliphatic rings. The smallest absolute Gasteiger partial charge is 0.343 e. The van der Waals surface area contributed by atoms with Gasteiger partial charge in [0.05, 0.1) is 18.9 Å². The summed E-state index contributed by atoms with van der Waals surface area (Å²) in [6, 6.07) is 26.8. The lowest BCUT2D eigenvalue weighted by Crippen LogP contribution is -2.17. The summed E-state index contributed by atoms with van der Waals surface area (Å²) >= 11 is 0. The first-order chi connectivity index (χ1) is 15.7. The molecule has 0 saturated heterocycles. The van der Waals surface area contributed by atoms with Gasteiger partial charge in [0.2, 0.25) is 0 Å². The van der Waals surface area contributed by atoms with Crippen LogP contribution in [0.2, 0.25) is 0 Å². The Morgan fingerprint density at radius 1 is 0.844 bits per heavy atom. The van der Waals surface area contributed by atoms with E-state index in [1.807, 2.05) is 36.4 Å². The van der Waals surface area contributed by atoms with E-state index in [1.54, 1.807) is 54.6 Å². The second-order valence-electron chi connectivity index (χ2n) is 6.89. The van der Waals surface area contributed by atoms with Gasteiger partial charge in [-0.15, -0.1) is 0 Å². The van der Waals surface area contributed by atoms with Crippen LogP contribution in [0.4, 0.5) is 0 Å². The first-order valence-corrected chi connectivity index (χ1v) is 9.92. The summed E-state index contributed by atoms with van der Waals surface area (Å²) in [6.07, 6.45) is 1.48. The predicted octanol–water partition coefficient (Wildman–Crippen LogP) is 4.83. The minimum Gasteiger partial charge on any atom is -0.497 e. The molecule has 4 aromatic rings. The topological polar surface area (TPSA) is 77.0 Å². The number of carbonyl (C=O) groups is 2. The Bertz CT molecular complexity index is 1300. The fourth-order valence-corrected chi connectivity index (χ4v) is 3.22. The lowest BCUT2D eigenvalue weighted by Gasteiger charge is -2.10. The summed E-state index contributed by atoms with van der Waals surface area (Å²) in [6.45, 7) is 0. The molecule has 0 heterocycles. The second-order valence-corrected chi connectivity index (χ2v) is 6.89. The minimum atomic E-state index is -0.476. The lowest BCUT2D eigenvalue weighted by atomic mass is 10.0. The maximum Gasteiger partial charge on any atom is 0.343 e. The van der Waals surface area contributed by atoms with Gasteiger partial charge < -0.3 is 9.47 Å². The van der Waals surface area contributed by atoms with Crippen LogP contribution < -0.4 is 14.9 Å². The molecular weight excluding hydrogens is 404 g/mol. The third-order valence-electron chi connectivity index (χ3n) is 4.83. The molecule has 32 heavy (non-hydrogen) atoms. The van der Waals surface area contributed by atoms with Gasteiger partial charge in [0.25, 0.3) is 5.91 Å². The molecule has 0 radical (unpaired) electrons. The number of carbonyl (C=O) groups excluding carboxylic acids is 2. The van der Waals surface area contributed by atoms with Crippen molar-refractivity contribution >= 4 is 28.9 Å². The highest BCUT2D eigenvalue weighted by molar-refractivity contribution is 6.04. The zero-order valence-corrected chi connectivity index (χ0v) is 17.3. The van der Waals surface area contributed by atoms with Gasteiger partial charge in [0.1, 0.15) is 11.5 Å². The van der Waals surface area contributed by atoms with Crippen LogP contribution in [0.25, 0.3) is 10.8 Å². The molecule has 0 aromatic heterocycles. The Morgan fingerprint density at radius 2 is 1.59 bits per heavy atom. The Morgan fingerprint density at radius 3 is 2.41 bits per heavy atom. The lowest BCUT2D eigenvalue weighted by molar-refractivity contribution is 0.0734. The van der Waals surface area contributed by atoms with E-state index in [2.05, 4.69) is 10.5 Å². The van der Waals surface area contributed by atoms with Crippen LogP contribution in [0.15, 0.2) is 96.1 Å². The van der Waals surface area contributed by atoms with E-state index in [0.29, 0.717) is 28.2 Å². The van der Waals surface area contributed by atoms with Crippen LogP contribution in [0, 0.1) is 0 Å². The van der Waals surface area contributed by atoms with Crippen molar-refractivity contribution < 1.29 is 19.1 Å². The number of benzene rings is 4. The monoisotopic (exact) mass is 424 g/mol. The van der Waals surface area contributed by atoms with Crippen molar-refractivity contribution in [3.8, 4) is 11.5 Å². The van der Waals surface area contributed by atoms with Crippen LogP contribution in [-0.4, -0.2) is 25.2 Å². The van der Waals surface area contributed by atoms with Crippen molar-refractivity contribution in [2.24, 2.45) is 5.10 Å². The Hall–Kier alpha value is -4.45. The quantitative estimate of drug-likeness (QED) is 0.208. The van der Waals surface area contributed by atoms with E-state index >= 15 is 0 Å². The molecule has 0 unspecified atom stereocenters. The van der Waals surface area contributed by atoms with Crippen molar-refractivity contribution in [1.82, 2.24) is 5.43 Å². The first-order valence-electron chi connectivity index (χ1n) is 9.92. The summed E-state index contributed by atoms with van der Waals surface area (Å²) in [7, 11) is 1.54. The molecule has 0 fully saturated rings. The third-order valence-corrected chi connectivity index (χ3v) is 4.83. The van der Waals surface area contributed by atoms with Gasteiger partial charge >= 0.3 is 5.97 Å². The molecule has 0 atom stereocenters. The van der Waals surface area contributed by atoms with E-state index in [4.69, 9.17) is 9.47 Å². The van der Waals surface area contributed by atoms with Crippen molar-refractivity contribution in [1.29, 1.82) is 0 Å². The standard InChI is InChI=1S/C26H20N2O4/c1-31-21-12-7-11-20(16-21)25(29)28-27-17-23-22-13-6-5-8-18(22)14-15-24(23)32-26(30)19-9-3-2-4-10-19/h2-17H,1H3,(H,28,29)/b27-17+. The van der Waals surface area contributed by atoms with E-state index in [-0.39, 0.29) is 5.91 Å². The fourth-order valence-electron chi connectivity index (χ4n) is 3.22. The van der Waals surface area contributed by atoms with Crippen molar-refractivity contribution in [3.63, 3.8) is 0 Å². The molecule has 0 bridgehead atoms. The van der Waals surface area contributed by atoms with Crippen LogP contribution in [0.3, 0.4) is 0 Å². The number of methoxy groups -OCH3 is 1. The molecule has 1 N–H and O–H groups in total. The molecule has 0 aliphatic carbocycles. The van der Waals surface area contributed by atoms with Gasteiger partial charge in [-0.05, 0) is 47.2 Å². The van der Waals surface area contributed by atoms with Gasteiger partial charge in [-0.2, -0.15) is 5.10 Å². The van der Waals surface area contributed by atoms with Crippen molar-refractivity contribution in [2.75, 3.05) is 7.11 Å². The molecule has 6 heteroatoms. The summed E-state index contributed by atoms with van der Waals surface area (Å²) < 4.78 is 10.8. The van der Waals surface area contributed by atoms with Crippen molar-refractivity contribution in [3.05, 3.63) is 108 Å². The van der Waals surface area contributed by atoms with E-state index in [9.17, 15) is 9.59 Å². The first kappa shape index (κ1) is 20.8. The molecule has 6 nitrogen and oxygen atoms in total. The highest BCUT2D eigenvalue weighted by Gasteiger charge is 2.13. The normalized spacial score (nSPS) is 10.8. The fraction of sp³-hybridized carbons (Fsp3) is 0.0385. The predicted molar refractivity (Wildman–Crippen MR) is 123 cm³/mol. The average Bonchev–Trinajstić information content (AvgIpc) is 2.85. The molecule has 4 aromatic carbocycles. The minimum absolute atomic E-state index is 0.344. The number of amides is 1. The third kappa shape index (κ3) is 4.65.